The highest BCUT2D eigenvalue weighted by Gasteiger charge is 2.21. The van der Waals surface area contributed by atoms with E-state index in [9.17, 15) is 4.57 Å². The van der Waals surface area contributed by atoms with E-state index in [1.807, 2.05) is 6.92 Å². The molecule has 0 rings (SSSR count). The molecule has 0 spiro atoms. The molecule has 2 unspecified atom stereocenters. The first-order chi connectivity index (χ1) is 4.68. The standard InChI is InChI=1S/C7H15O2P.ClH/c1-3-4-5-6-7(2)10(8)9;/h7H,3-6H2,1-2H3;1H/p+1. The second-order valence-corrected chi connectivity index (χ2v) is 4.13. The summed E-state index contributed by atoms with van der Waals surface area (Å²) in [5, 5.41) is 0. The third kappa shape index (κ3) is 8.25. The van der Waals surface area contributed by atoms with Gasteiger partial charge in [-0.05, 0) is 24.3 Å². The minimum atomic E-state index is -1.93. The molecule has 0 saturated heterocycles. The minimum Gasteiger partial charge on any atom is -0.161 e. The molecule has 11 heavy (non-hydrogen) atoms. The maximum Gasteiger partial charge on any atom is 0.508 e. The van der Waals surface area contributed by atoms with Crippen LogP contribution >= 0.6 is 20.4 Å². The van der Waals surface area contributed by atoms with E-state index in [-0.39, 0.29) is 18.1 Å². The van der Waals surface area contributed by atoms with E-state index in [0.717, 1.165) is 12.8 Å². The average Bonchev–Trinajstić information content (AvgIpc) is 1.88. The first-order valence-electron chi connectivity index (χ1n) is 3.83. The summed E-state index contributed by atoms with van der Waals surface area (Å²) in [6.45, 7) is 3.96. The van der Waals surface area contributed by atoms with E-state index >= 15 is 0 Å². The summed E-state index contributed by atoms with van der Waals surface area (Å²) in [6.07, 6.45) is 4.32. The van der Waals surface area contributed by atoms with Gasteiger partial charge in [0.1, 0.15) is 0 Å². The summed E-state index contributed by atoms with van der Waals surface area (Å²) in [4.78, 5) is 8.63. The molecule has 0 aliphatic carbocycles. The molecule has 0 fully saturated rings. The third-order valence-corrected chi connectivity index (χ3v) is 2.61. The molecule has 0 aliphatic heterocycles. The quantitative estimate of drug-likeness (QED) is 0.546. The normalized spacial score (nSPS) is 13.5. The Morgan fingerprint density at radius 2 is 2.00 bits per heavy atom. The van der Waals surface area contributed by atoms with Crippen LogP contribution in [0.2, 0.25) is 0 Å². The Morgan fingerprint density at radius 1 is 1.45 bits per heavy atom. The second kappa shape index (κ2) is 8.45. The van der Waals surface area contributed by atoms with Crippen LogP contribution in [0, 0.1) is 0 Å². The van der Waals surface area contributed by atoms with Gasteiger partial charge >= 0.3 is 8.03 Å². The van der Waals surface area contributed by atoms with E-state index in [2.05, 4.69) is 6.92 Å². The summed E-state index contributed by atoms with van der Waals surface area (Å²) in [5.41, 5.74) is -0.0125. The summed E-state index contributed by atoms with van der Waals surface area (Å²) in [5.74, 6) is 0. The molecule has 1 N–H and O–H groups in total. The maximum atomic E-state index is 10.4. The highest BCUT2D eigenvalue weighted by Crippen LogP contribution is 2.26. The number of unbranched alkanes of at least 4 members (excludes halogenated alkanes) is 2. The second-order valence-electron chi connectivity index (χ2n) is 2.65. The number of hydrogen-bond acceptors (Lipinski definition) is 1. The molecule has 0 bridgehead atoms. The van der Waals surface area contributed by atoms with Gasteiger partial charge in [-0.25, -0.2) is 0 Å². The zero-order chi connectivity index (χ0) is 7.98. The molecule has 0 saturated carbocycles. The summed E-state index contributed by atoms with van der Waals surface area (Å²) >= 11 is 0. The Balaban J connectivity index is 0. The van der Waals surface area contributed by atoms with Crippen LogP contribution in [0.15, 0.2) is 0 Å². The zero-order valence-corrected chi connectivity index (χ0v) is 8.83. The highest BCUT2D eigenvalue weighted by molar-refractivity contribution is 7.38. The topological polar surface area (TPSA) is 37.3 Å². The van der Waals surface area contributed by atoms with Crippen molar-refractivity contribution >= 4 is 20.4 Å². The van der Waals surface area contributed by atoms with Crippen LogP contribution in [0.1, 0.15) is 39.5 Å². The van der Waals surface area contributed by atoms with E-state index in [1.165, 1.54) is 12.8 Å². The lowest BCUT2D eigenvalue weighted by atomic mass is 10.2. The largest absolute Gasteiger partial charge is 0.508 e. The van der Waals surface area contributed by atoms with Crippen LogP contribution in [-0.2, 0) is 4.57 Å². The van der Waals surface area contributed by atoms with Crippen molar-refractivity contribution in [2.75, 3.05) is 0 Å². The van der Waals surface area contributed by atoms with Crippen molar-refractivity contribution in [1.82, 2.24) is 0 Å². The lowest BCUT2D eigenvalue weighted by Gasteiger charge is -1.95. The van der Waals surface area contributed by atoms with Crippen LogP contribution in [0.25, 0.3) is 0 Å². The van der Waals surface area contributed by atoms with Crippen molar-refractivity contribution in [2.45, 2.75) is 45.2 Å². The lowest BCUT2D eigenvalue weighted by molar-refractivity contribution is 0.484. The predicted octanol–water partition coefficient (Wildman–Crippen LogP) is 3.11. The monoisotopic (exact) mass is 199 g/mol. The summed E-state index contributed by atoms with van der Waals surface area (Å²) in [6, 6.07) is 0. The van der Waals surface area contributed by atoms with E-state index in [1.54, 1.807) is 0 Å². The van der Waals surface area contributed by atoms with Crippen LogP contribution in [-0.4, -0.2) is 10.6 Å². The molecule has 0 aromatic rings. The Bertz CT molecular complexity index is 109. The van der Waals surface area contributed by atoms with Gasteiger partial charge < -0.3 is 0 Å². The van der Waals surface area contributed by atoms with Crippen LogP contribution in [0.5, 0.6) is 0 Å². The summed E-state index contributed by atoms with van der Waals surface area (Å²) in [7, 11) is -1.93. The van der Waals surface area contributed by atoms with E-state index in [4.69, 9.17) is 4.89 Å². The number of hydrogen-bond donors (Lipinski definition) is 1. The first kappa shape index (κ1) is 13.9. The van der Waals surface area contributed by atoms with Gasteiger partial charge in [0.05, 0.1) is 0 Å². The van der Waals surface area contributed by atoms with Crippen molar-refractivity contribution in [3.8, 4) is 0 Å². The Morgan fingerprint density at radius 3 is 2.36 bits per heavy atom. The van der Waals surface area contributed by atoms with E-state index in [0.29, 0.717) is 0 Å². The fourth-order valence-corrected chi connectivity index (χ4v) is 1.20. The Hall–Kier alpha value is 0.350. The fraction of sp³-hybridized carbons (Fsp3) is 1.00. The van der Waals surface area contributed by atoms with Gasteiger partial charge in [0.2, 0.25) is 0 Å². The number of rotatable bonds is 5. The molecular weight excluding hydrogens is 183 g/mol. The maximum absolute atomic E-state index is 10.4. The summed E-state index contributed by atoms with van der Waals surface area (Å²) < 4.78 is 10.4. The molecule has 68 valence electrons. The van der Waals surface area contributed by atoms with Crippen molar-refractivity contribution < 1.29 is 9.46 Å². The van der Waals surface area contributed by atoms with Gasteiger partial charge in [-0.15, -0.1) is 12.4 Å². The predicted molar refractivity (Wildman–Crippen MR) is 50.7 cm³/mol. The smallest absolute Gasteiger partial charge is 0.161 e. The van der Waals surface area contributed by atoms with Crippen LogP contribution in [0.3, 0.4) is 0 Å². The molecule has 2 nitrogen and oxygen atoms in total. The van der Waals surface area contributed by atoms with Crippen molar-refractivity contribution in [3.05, 3.63) is 0 Å². The van der Waals surface area contributed by atoms with Gasteiger partial charge in [0.15, 0.2) is 5.66 Å². The molecule has 0 aromatic heterocycles. The lowest BCUT2D eigenvalue weighted by Crippen LogP contribution is -1.94. The molecule has 4 heteroatoms. The van der Waals surface area contributed by atoms with Crippen molar-refractivity contribution in [1.29, 1.82) is 0 Å². The molecule has 2 atom stereocenters. The Labute approximate surface area is 75.7 Å². The SMILES string of the molecule is CCCCCC(C)[P+](=O)O.Cl. The van der Waals surface area contributed by atoms with Gasteiger partial charge in [0.25, 0.3) is 0 Å². The number of halogens is 1. The molecule has 0 aliphatic rings. The van der Waals surface area contributed by atoms with Crippen LogP contribution in [0.4, 0.5) is 0 Å². The first-order valence-corrected chi connectivity index (χ1v) is 5.12. The van der Waals surface area contributed by atoms with Gasteiger partial charge in [-0.3, -0.25) is 0 Å². The molecule has 0 radical (unpaired) electrons. The highest BCUT2D eigenvalue weighted by atomic mass is 35.5. The van der Waals surface area contributed by atoms with E-state index < -0.39 is 8.03 Å². The molecule has 0 amide bonds. The average molecular weight is 200 g/mol. The molecular formula is C7H17ClO2P+. The minimum absolute atomic E-state index is 0. The molecule has 0 heterocycles. The molecule has 0 aromatic carbocycles. The van der Waals surface area contributed by atoms with Gasteiger partial charge in [-0.1, -0.05) is 19.8 Å². The fourth-order valence-electron chi connectivity index (χ4n) is 0.800. The zero-order valence-electron chi connectivity index (χ0n) is 7.12. The van der Waals surface area contributed by atoms with Gasteiger partial charge in [0, 0.05) is 0 Å². The van der Waals surface area contributed by atoms with Gasteiger partial charge in [-0.2, -0.15) is 4.89 Å². The van der Waals surface area contributed by atoms with Crippen LogP contribution < -0.4 is 0 Å². The van der Waals surface area contributed by atoms with Crippen molar-refractivity contribution in [2.24, 2.45) is 0 Å². The Kier molecular flexibility index (Phi) is 10.7. The van der Waals surface area contributed by atoms with Crippen molar-refractivity contribution in [3.63, 3.8) is 0 Å². The third-order valence-electron chi connectivity index (χ3n) is 1.60.